The van der Waals surface area contributed by atoms with Crippen molar-refractivity contribution in [3.8, 4) is 11.3 Å². The van der Waals surface area contributed by atoms with E-state index in [1.165, 1.54) is 17.4 Å². The van der Waals surface area contributed by atoms with Crippen LogP contribution in [0.1, 0.15) is 97.3 Å². The van der Waals surface area contributed by atoms with Crippen LogP contribution in [0.4, 0.5) is 26.3 Å². The van der Waals surface area contributed by atoms with Crippen LogP contribution in [0, 0.1) is 31.7 Å². The third-order valence-electron chi connectivity index (χ3n) is 10.5. The number of allylic oxidation sites excluding steroid dienone is 2. The first-order chi connectivity index (χ1) is 25.7. The number of aromatic nitrogens is 1. The van der Waals surface area contributed by atoms with Crippen molar-refractivity contribution in [3.05, 3.63) is 103 Å². The molecule has 0 aliphatic rings. The first kappa shape index (κ1) is 46.8. The van der Waals surface area contributed by atoms with Crippen molar-refractivity contribution in [2.75, 3.05) is 0 Å². The van der Waals surface area contributed by atoms with Crippen LogP contribution < -0.4 is 4.57 Å². The van der Waals surface area contributed by atoms with E-state index in [0.717, 1.165) is 79.0 Å². The van der Waals surface area contributed by atoms with Crippen LogP contribution >= 0.6 is 11.3 Å². The van der Waals surface area contributed by atoms with E-state index < -0.39 is 24.7 Å². The zero-order chi connectivity index (χ0) is 41.0. The van der Waals surface area contributed by atoms with Gasteiger partial charge in [-0.1, -0.05) is 89.7 Å². The molecule has 2 heterocycles. The van der Waals surface area contributed by atoms with Crippen LogP contribution in [-0.4, -0.2) is 23.2 Å². The molecule has 5 aromatic rings. The molecule has 1 radical (unpaired) electrons. The fraction of sp³-hybridized carbons (Fsp3) is 0.422. The summed E-state index contributed by atoms with van der Waals surface area (Å²) in [6.45, 7) is 19.0. The Balaban J connectivity index is 0.000000448. The molecule has 3 aromatic carbocycles. The van der Waals surface area contributed by atoms with E-state index in [4.69, 9.17) is 0 Å². The normalized spacial score (nSPS) is 12.8. The van der Waals surface area contributed by atoms with Gasteiger partial charge in [0, 0.05) is 54.5 Å². The monoisotopic (exact) mass is 977 g/mol. The molecule has 0 saturated heterocycles. The van der Waals surface area contributed by atoms with Gasteiger partial charge in [-0.05, 0) is 72.4 Å². The fourth-order valence-electron chi connectivity index (χ4n) is 7.17. The van der Waals surface area contributed by atoms with Crippen molar-refractivity contribution in [2.24, 2.45) is 17.8 Å². The molecule has 1 N–H and O–H groups in total. The second-order valence-electron chi connectivity index (χ2n) is 15.2. The molecule has 0 aliphatic heterocycles. The fourth-order valence-corrected chi connectivity index (χ4v) is 8.50. The van der Waals surface area contributed by atoms with E-state index >= 15 is 0 Å². The molecule has 0 spiro atoms. The predicted octanol–water partition coefficient (Wildman–Crippen LogP) is 13.8. The molecule has 0 fully saturated rings. The van der Waals surface area contributed by atoms with Crippen molar-refractivity contribution in [1.29, 1.82) is 0 Å². The Morgan fingerprint density at radius 2 is 1.39 bits per heavy atom. The number of ketones is 1. The molecule has 0 aliphatic carbocycles. The topological polar surface area (TPSA) is 41.2 Å². The number of fused-ring (bicyclic) bond motifs is 4. The van der Waals surface area contributed by atoms with Crippen molar-refractivity contribution >= 4 is 48.1 Å². The van der Waals surface area contributed by atoms with Gasteiger partial charge in [-0.2, -0.15) is 38.8 Å². The quantitative estimate of drug-likeness (QED) is 0.0471. The van der Waals surface area contributed by atoms with E-state index in [-0.39, 0.29) is 55.3 Å². The summed E-state index contributed by atoms with van der Waals surface area (Å²) in [5.74, 6) is -2.80. The number of alkyl halides is 6. The van der Waals surface area contributed by atoms with Gasteiger partial charge in [0.25, 0.3) is 0 Å². The molecule has 0 amide bonds. The number of carbonyl (C=O) groups excluding carboxylic acids is 1. The number of thiophene rings is 1. The van der Waals surface area contributed by atoms with Gasteiger partial charge in [-0.3, -0.25) is 4.79 Å². The molecule has 5 rings (SSSR count). The number of aliphatic hydroxyl groups is 1. The predicted molar refractivity (Wildman–Crippen MR) is 214 cm³/mol. The standard InChI is InChI=1S/C32H28F6NS.C13H24O2.Ir/c1-18-20-8-6-7-9-21(20)25(30(2,3)4)17-24(18)28-29-23(14-15-39(28)5)22-12-10-19(16-26(22)40-29)11-13-27(31(33,34)35)32(36,37)38;1-5-10(6-2)12(14)9-13(15)11(7-3)8-4;/h6-10,12,14-17,27H,1,5,11,13H2,2-4H3;9-11,14H,5-8H2,1-4H3;/q-1;;/b;12-9-;. The Labute approximate surface area is 344 Å². The zero-order valence-corrected chi connectivity index (χ0v) is 36.3. The third kappa shape index (κ3) is 10.5. The molecule has 0 atom stereocenters. The minimum atomic E-state index is -5.34. The summed E-state index contributed by atoms with van der Waals surface area (Å²) >= 11 is 1.45. The summed E-state index contributed by atoms with van der Waals surface area (Å²) in [7, 11) is 4.23. The maximum absolute atomic E-state index is 13.1. The smallest absolute Gasteiger partial charge is 0.400 e. The summed E-state index contributed by atoms with van der Waals surface area (Å²) in [4.78, 5) is 11.7. The number of aryl methyl sites for hydroxylation is 1. The number of aliphatic hydroxyl groups excluding tert-OH is 1. The van der Waals surface area contributed by atoms with Gasteiger partial charge in [0.1, 0.15) is 0 Å². The molecular weight excluding hydrogens is 925 g/mol. The van der Waals surface area contributed by atoms with E-state index in [0.29, 0.717) is 5.56 Å². The number of pyridine rings is 1. The molecule has 3 nitrogen and oxygen atoms in total. The Morgan fingerprint density at radius 3 is 1.93 bits per heavy atom. The van der Waals surface area contributed by atoms with Gasteiger partial charge >= 0.3 is 12.4 Å². The minimum absolute atomic E-state index is 0. The zero-order valence-electron chi connectivity index (χ0n) is 33.1. The molecule has 0 saturated carbocycles. The molecule has 0 unspecified atom stereocenters. The molecule has 56 heavy (non-hydrogen) atoms. The average Bonchev–Trinajstić information content (AvgIpc) is 3.46. The van der Waals surface area contributed by atoms with E-state index in [2.05, 4.69) is 52.9 Å². The van der Waals surface area contributed by atoms with Gasteiger partial charge in [-0.15, -0.1) is 34.4 Å². The van der Waals surface area contributed by atoms with Gasteiger partial charge in [-0.25, -0.2) is 0 Å². The Morgan fingerprint density at radius 1 is 0.821 bits per heavy atom. The van der Waals surface area contributed by atoms with Crippen molar-refractivity contribution in [3.63, 3.8) is 0 Å². The number of hydrogen-bond donors (Lipinski definition) is 1. The van der Waals surface area contributed by atoms with E-state index in [1.807, 2.05) is 52.1 Å². The van der Waals surface area contributed by atoms with Crippen LogP contribution in [0.15, 0.2) is 72.6 Å². The molecule has 2 aromatic heterocycles. The largest absolute Gasteiger partial charge is 0.512 e. The Hall–Kier alpha value is -3.53. The summed E-state index contributed by atoms with van der Waals surface area (Å²) in [5.41, 5.74) is 4.08. The van der Waals surface area contributed by atoms with Crippen LogP contribution in [0.2, 0.25) is 0 Å². The van der Waals surface area contributed by atoms with Gasteiger partial charge in [0.05, 0.1) is 17.6 Å². The van der Waals surface area contributed by atoms with Crippen molar-refractivity contribution < 1.29 is 60.9 Å². The van der Waals surface area contributed by atoms with E-state index in [9.17, 15) is 36.2 Å². The second kappa shape index (κ2) is 18.8. The van der Waals surface area contributed by atoms with Gasteiger partial charge < -0.3 is 9.67 Å². The van der Waals surface area contributed by atoms with Crippen LogP contribution in [0.25, 0.3) is 42.2 Å². The summed E-state index contributed by atoms with van der Waals surface area (Å²) in [5, 5.41) is 13.7. The van der Waals surface area contributed by atoms with Gasteiger partial charge in [0.2, 0.25) is 0 Å². The average molecular weight is 977 g/mol. The maximum atomic E-state index is 13.1. The Kier molecular flexibility index (Phi) is 15.7. The molecule has 307 valence electrons. The summed E-state index contributed by atoms with van der Waals surface area (Å²) in [6, 6.07) is 17.3. The number of hydrogen-bond acceptors (Lipinski definition) is 3. The summed E-state index contributed by atoms with van der Waals surface area (Å²) < 4.78 is 81.8. The first-order valence-electron chi connectivity index (χ1n) is 18.8. The number of carbonyl (C=O) groups is 1. The first-order valence-corrected chi connectivity index (χ1v) is 19.7. The van der Waals surface area contributed by atoms with Crippen LogP contribution in [0.5, 0.6) is 0 Å². The van der Waals surface area contributed by atoms with Crippen LogP contribution in [0.3, 0.4) is 0 Å². The molecular formula is C45H52F6IrNO2S-. The summed E-state index contributed by atoms with van der Waals surface area (Å²) in [6.07, 6.45) is -5.30. The van der Waals surface area contributed by atoms with Crippen molar-refractivity contribution in [2.45, 2.75) is 105 Å². The van der Waals surface area contributed by atoms with Gasteiger partial charge in [0.15, 0.2) is 11.7 Å². The second-order valence-corrected chi connectivity index (χ2v) is 16.3. The SMILES string of the molecule is CCC(CC)C(=O)/C=C(\O)C(CC)CC.[CH2-]c1c(-c2c3sc4cc(CCC(C(F)(F)F)C(F)(F)F)ccc4c3cc[n+]2[CH2-])cc(C(C)(C)C)c2ccccc12.[Ir]. The number of nitrogens with zero attached hydrogens (tertiary/aromatic N) is 1. The molecule has 0 bridgehead atoms. The van der Waals surface area contributed by atoms with E-state index in [1.54, 1.807) is 22.8 Å². The van der Waals surface area contributed by atoms with Crippen LogP contribution in [-0.2, 0) is 36.7 Å². The Bertz CT molecular complexity index is 2140. The number of rotatable bonds is 11. The minimum Gasteiger partial charge on any atom is -0.512 e. The maximum Gasteiger partial charge on any atom is 0.400 e. The van der Waals surface area contributed by atoms with Crippen molar-refractivity contribution in [1.82, 2.24) is 0 Å². The third-order valence-corrected chi connectivity index (χ3v) is 11.7. The molecule has 11 heteroatoms. The number of benzene rings is 3. The number of halogens is 6.